The molecule has 1 aromatic rings. The Morgan fingerprint density at radius 3 is 2.38 bits per heavy atom. The average Bonchev–Trinajstić information content (AvgIpc) is 3.04. The Morgan fingerprint density at radius 1 is 1.24 bits per heavy atom. The maximum atomic E-state index is 5.57. The molecule has 1 aliphatic heterocycles. The fourth-order valence-electron chi connectivity index (χ4n) is 2.33. The molecule has 1 atom stereocenters. The summed E-state index contributed by atoms with van der Waals surface area (Å²) in [6.07, 6.45) is 2.43. The summed E-state index contributed by atoms with van der Waals surface area (Å²) in [7, 11) is 4.75. The second-order valence-corrected chi connectivity index (χ2v) is 5.17. The number of benzene rings is 1. The van der Waals surface area contributed by atoms with Crippen molar-refractivity contribution in [3.8, 4) is 17.2 Å². The predicted octanol–water partition coefficient (Wildman–Crippen LogP) is 2.16. The first-order valence-electron chi connectivity index (χ1n) is 6.89. The van der Waals surface area contributed by atoms with Gasteiger partial charge in [0.1, 0.15) is 4.99 Å². The molecular weight excluding hydrogens is 290 g/mol. The quantitative estimate of drug-likeness (QED) is 0.813. The molecule has 116 valence electrons. The van der Waals surface area contributed by atoms with Crippen molar-refractivity contribution < 1.29 is 18.9 Å². The van der Waals surface area contributed by atoms with E-state index in [1.54, 1.807) is 21.3 Å². The van der Waals surface area contributed by atoms with E-state index in [1.165, 1.54) is 0 Å². The third-order valence-electron chi connectivity index (χ3n) is 3.44. The summed E-state index contributed by atoms with van der Waals surface area (Å²) in [6.45, 7) is 1.55. The lowest BCUT2D eigenvalue weighted by Gasteiger charge is -2.16. The van der Waals surface area contributed by atoms with Crippen molar-refractivity contribution in [2.24, 2.45) is 0 Å². The summed E-state index contributed by atoms with van der Waals surface area (Å²) in [4.78, 5) is 0.643. The first kappa shape index (κ1) is 15.9. The molecule has 0 aliphatic carbocycles. The molecule has 2 rings (SSSR count). The van der Waals surface area contributed by atoms with Crippen LogP contribution in [0.2, 0.25) is 0 Å². The summed E-state index contributed by atoms with van der Waals surface area (Å²) in [6, 6.07) is 3.68. The molecular formula is C15H21NO4S. The Balaban J connectivity index is 2.12. The Bertz CT molecular complexity index is 475. The first-order chi connectivity index (χ1) is 10.2. The van der Waals surface area contributed by atoms with E-state index < -0.39 is 0 Å². The summed E-state index contributed by atoms with van der Waals surface area (Å²) < 4.78 is 21.5. The molecule has 1 N–H and O–H groups in total. The Morgan fingerprint density at radius 2 is 1.90 bits per heavy atom. The maximum Gasteiger partial charge on any atom is 0.203 e. The Hall–Kier alpha value is -1.53. The van der Waals surface area contributed by atoms with Crippen LogP contribution in [0.25, 0.3) is 0 Å². The molecule has 0 radical (unpaired) electrons. The fraction of sp³-hybridized carbons (Fsp3) is 0.533. The van der Waals surface area contributed by atoms with Crippen molar-refractivity contribution >= 4 is 17.2 Å². The summed E-state index contributed by atoms with van der Waals surface area (Å²) >= 11 is 5.43. The highest BCUT2D eigenvalue weighted by Crippen LogP contribution is 2.38. The smallest absolute Gasteiger partial charge is 0.203 e. The van der Waals surface area contributed by atoms with E-state index in [1.807, 2.05) is 12.1 Å². The van der Waals surface area contributed by atoms with Gasteiger partial charge in [0.15, 0.2) is 11.5 Å². The highest BCUT2D eigenvalue weighted by Gasteiger charge is 2.18. The van der Waals surface area contributed by atoms with Crippen molar-refractivity contribution in [3.05, 3.63) is 17.7 Å². The highest BCUT2D eigenvalue weighted by atomic mass is 32.1. The lowest BCUT2D eigenvalue weighted by atomic mass is 10.1. The molecule has 1 aromatic carbocycles. The third-order valence-corrected chi connectivity index (χ3v) is 3.82. The molecule has 0 amide bonds. The molecule has 1 aliphatic rings. The highest BCUT2D eigenvalue weighted by molar-refractivity contribution is 7.80. The van der Waals surface area contributed by atoms with Gasteiger partial charge in [-0.3, -0.25) is 0 Å². The molecule has 21 heavy (non-hydrogen) atoms. The van der Waals surface area contributed by atoms with E-state index in [2.05, 4.69) is 5.32 Å². The van der Waals surface area contributed by atoms with Crippen LogP contribution >= 0.6 is 12.2 Å². The number of thiocarbonyl (C=S) groups is 1. The minimum Gasteiger partial charge on any atom is -0.493 e. The largest absolute Gasteiger partial charge is 0.493 e. The number of hydrogen-bond acceptors (Lipinski definition) is 5. The fourth-order valence-corrected chi connectivity index (χ4v) is 2.53. The van der Waals surface area contributed by atoms with Crippen molar-refractivity contribution in [3.63, 3.8) is 0 Å². The molecule has 0 aromatic heterocycles. The molecule has 0 unspecified atom stereocenters. The van der Waals surface area contributed by atoms with Gasteiger partial charge in [0.2, 0.25) is 5.75 Å². The topological polar surface area (TPSA) is 49.0 Å². The third kappa shape index (κ3) is 3.77. The lowest BCUT2D eigenvalue weighted by Crippen LogP contribution is -2.31. The lowest BCUT2D eigenvalue weighted by molar-refractivity contribution is 0.114. The van der Waals surface area contributed by atoms with Crippen molar-refractivity contribution in [2.45, 2.75) is 18.9 Å². The van der Waals surface area contributed by atoms with Crippen LogP contribution in [0.15, 0.2) is 12.1 Å². The summed E-state index contributed by atoms with van der Waals surface area (Å²) in [5, 5.41) is 3.24. The molecule has 1 fully saturated rings. The standard InChI is InChI=1S/C15H21NO4S/c1-17-12-7-10(8-13(18-2)14(12)19-3)15(21)16-9-11-5-4-6-20-11/h7-8,11H,4-6,9H2,1-3H3,(H,16,21)/t11-/m0/s1. The number of hydrogen-bond donors (Lipinski definition) is 1. The number of ether oxygens (including phenoxy) is 4. The van der Waals surface area contributed by atoms with E-state index >= 15 is 0 Å². The van der Waals surface area contributed by atoms with E-state index in [0.717, 1.165) is 31.6 Å². The molecule has 1 heterocycles. The maximum absolute atomic E-state index is 5.57. The first-order valence-corrected chi connectivity index (χ1v) is 7.30. The molecule has 0 bridgehead atoms. The molecule has 0 saturated carbocycles. The van der Waals surface area contributed by atoms with Crippen LogP contribution in [0.4, 0.5) is 0 Å². The van der Waals surface area contributed by atoms with Crippen LogP contribution in [0.1, 0.15) is 18.4 Å². The van der Waals surface area contributed by atoms with Crippen LogP contribution in [0.5, 0.6) is 17.2 Å². The molecule has 1 saturated heterocycles. The van der Waals surface area contributed by atoms with Crippen molar-refractivity contribution in [1.29, 1.82) is 0 Å². The SMILES string of the molecule is COc1cc(C(=S)NC[C@@H]2CCCO2)cc(OC)c1OC. The van der Waals surface area contributed by atoms with Crippen LogP contribution < -0.4 is 19.5 Å². The molecule has 6 heteroatoms. The van der Waals surface area contributed by atoms with Gasteiger partial charge in [0.05, 0.1) is 27.4 Å². The van der Waals surface area contributed by atoms with Crippen LogP contribution in [-0.4, -0.2) is 45.6 Å². The molecule has 0 spiro atoms. The van der Waals surface area contributed by atoms with Gasteiger partial charge in [-0.1, -0.05) is 12.2 Å². The second-order valence-electron chi connectivity index (χ2n) is 4.76. The van der Waals surface area contributed by atoms with Gasteiger partial charge in [-0.15, -0.1) is 0 Å². The van der Waals surface area contributed by atoms with Gasteiger partial charge in [-0.25, -0.2) is 0 Å². The van der Waals surface area contributed by atoms with E-state index in [-0.39, 0.29) is 6.10 Å². The van der Waals surface area contributed by atoms with Crippen LogP contribution in [-0.2, 0) is 4.74 Å². The van der Waals surface area contributed by atoms with Gasteiger partial charge >= 0.3 is 0 Å². The van der Waals surface area contributed by atoms with E-state index in [4.69, 9.17) is 31.2 Å². The van der Waals surface area contributed by atoms with Gasteiger partial charge in [-0.2, -0.15) is 0 Å². The monoisotopic (exact) mass is 311 g/mol. The van der Waals surface area contributed by atoms with E-state index in [0.29, 0.717) is 22.2 Å². The zero-order valence-electron chi connectivity index (χ0n) is 12.6. The minimum atomic E-state index is 0.241. The van der Waals surface area contributed by atoms with Crippen molar-refractivity contribution in [2.75, 3.05) is 34.5 Å². The zero-order valence-corrected chi connectivity index (χ0v) is 13.4. The van der Waals surface area contributed by atoms with Crippen molar-refractivity contribution in [1.82, 2.24) is 5.32 Å². The normalized spacial score (nSPS) is 17.4. The van der Waals surface area contributed by atoms with Gasteiger partial charge < -0.3 is 24.3 Å². The van der Waals surface area contributed by atoms with Gasteiger partial charge in [0.25, 0.3) is 0 Å². The summed E-state index contributed by atoms with van der Waals surface area (Å²) in [5.41, 5.74) is 0.831. The Kier molecular flexibility index (Phi) is 5.64. The second kappa shape index (κ2) is 7.47. The summed E-state index contributed by atoms with van der Waals surface area (Å²) in [5.74, 6) is 1.74. The van der Waals surface area contributed by atoms with Crippen LogP contribution in [0.3, 0.4) is 0 Å². The number of nitrogens with one attached hydrogen (secondary N) is 1. The van der Waals surface area contributed by atoms with Crippen LogP contribution in [0, 0.1) is 0 Å². The van der Waals surface area contributed by atoms with E-state index in [9.17, 15) is 0 Å². The molecule has 5 nitrogen and oxygen atoms in total. The average molecular weight is 311 g/mol. The number of methoxy groups -OCH3 is 3. The predicted molar refractivity (Wildman–Crippen MR) is 84.8 cm³/mol. The van der Waals surface area contributed by atoms with Gasteiger partial charge in [0, 0.05) is 18.7 Å². The minimum absolute atomic E-state index is 0.241. The zero-order chi connectivity index (χ0) is 15.2. The Labute approximate surface area is 130 Å². The number of rotatable bonds is 6. The van der Waals surface area contributed by atoms with Gasteiger partial charge in [-0.05, 0) is 25.0 Å².